The highest BCUT2D eigenvalue weighted by atomic mass is 19.2. The first-order valence-electron chi connectivity index (χ1n) is 9.39. The number of fused-ring (bicyclic) bond motifs is 1. The van der Waals surface area contributed by atoms with Crippen LogP contribution in [0.1, 0.15) is 24.5 Å². The van der Waals surface area contributed by atoms with Crippen LogP contribution in [0.25, 0.3) is 10.9 Å². The number of hydrogen-bond donors (Lipinski definition) is 2. The van der Waals surface area contributed by atoms with Crippen molar-refractivity contribution in [2.75, 3.05) is 6.54 Å². The van der Waals surface area contributed by atoms with E-state index in [1.807, 2.05) is 6.07 Å². The molecule has 0 spiro atoms. The predicted molar refractivity (Wildman–Crippen MR) is 101 cm³/mol. The smallest absolute Gasteiger partial charge is 0.252 e. The molecule has 10 heteroatoms. The Morgan fingerprint density at radius 1 is 1.40 bits per heavy atom. The Bertz CT molecular complexity index is 1120. The van der Waals surface area contributed by atoms with Gasteiger partial charge in [0.2, 0.25) is 12.5 Å². The average Bonchev–Trinajstić information content (AvgIpc) is 2.66. The van der Waals surface area contributed by atoms with Gasteiger partial charge in [-0.05, 0) is 25.5 Å². The lowest BCUT2D eigenvalue weighted by atomic mass is 9.90. The number of halogens is 3. The molecule has 4 atom stereocenters. The zero-order chi connectivity index (χ0) is 22.2. The number of rotatable bonds is 4. The summed E-state index contributed by atoms with van der Waals surface area (Å²) in [6, 6.07) is 1.67. The van der Waals surface area contributed by atoms with Gasteiger partial charge in [-0.2, -0.15) is 5.26 Å². The lowest BCUT2D eigenvalue weighted by Gasteiger charge is -2.26. The lowest BCUT2D eigenvalue weighted by Crippen LogP contribution is -2.55. The number of carbonyl (C=O) groups is 1. The van der Waals surface area contributed by atoms with Gasteiger partial charge in [-0.15, -0.1) is 0 Å². The summed E-state index contributed by atoms with van der Waals surface area (Å²) in [5, 5.41) is 11.7. The zero-order valence-corrected chi connectivity index (χ0v) is 16.3. The van der Waals surface area contributed by atoms with Gasteiger partial charge in [0, 0.05) is 33.1 Å². The Hall–Kier alpha value is -3.22. The minimum Gasteiger partial charge on any atom is -0.346 e. The number of H-pyrrole nitrogens is 1. The number of nitrogens with one attached hydrogen (secondary N) is 2. The summed E-state index contributed by atoms with van der Waals surface area (Å²) in [6.45, 7) is 2.84. The predicted octanol–water partition coefficient (Wildman–Crippen LogP) is 2.19. The second-order valence-corrected chi connectivity index (χ2v) is 7.57. The van der Waals surface area contributed by atoms with Crippen LogP contribution in [0.3, 0.4) is 0 Å². The molecule has 1 fully saturated rings. The molecule has 0 aliphatic carbocycles. The van der Waals surface area contributed by atoms with Crippen molar-refractivity contribution in [3.63, 3.8) is 0 Å². The van der Waals surface area contributed by atoms with Crippen molar-refractivity contribution < 1.29 is 22.7 Å². The second-order valence-electron chi connectivity index (χ2n) is 7.57. The van der Waals surface area contributed by atoms with E-state index in [0.29, 0.717) is 10.3 Å². The molecule has 2 aromatic rings. The maximum Gasteiger partial charge on any atom is 0.252 e. The van der Waals surface area contributed by atoms with E-state index in [-0.39, 0.29) is 35.9 Å². The number of nitroso groups, excluding NO2 is 1. The van der Waals surface area contributed by atoms with Crippen LogP contribution >= 0.6 is 0 Å². The van der Waals surface area contributed by atoms with Crippen LogP contribution in [0.2, 0.25) is 0 Å². The van der Waals surface area contributed by atoms with Crippen molar-refractivity contribution >= 4 is 16.8 Å². The molecule has 2 N–H and O–H groups in total. The third-order valence-corrected chi connectivity index (χ3v) is 5.47. The van der Waals surface area contributed by atoms with Gasteiger partial charge < -0.3 is 10.3 Å². The van der Waals surface area contributed by atoms with E-state index in [9.17, 15) is 27.7 Å². The van der Waals surface area contributed by atoms with Gasteiger partial charge in [-0.25, -0.2) is 13.2 Å². The van der Waals surface area contributed by atoms with Crippen molar-refractivity contribution in [2.45, 2.75) is 44.9 Å². The highest BCUT2D eigenvalue weighted by Gasteiger charge is 2.47. The van der Waals surface area contributed by atoms with Gasteiger partial charge in [0.25, 0.3) is 11.6 Å². The molecule has 30 heavy (non-hydrogen) atoms. The number of benzene rings is 1. The molecule has 1 amide bonds. The molecule has 1 aromatic heterocycles. The summed E-state index contributed by atoms with van der Waals surface area (Å²) in [5.74, 6) is -3.52. The molecule has 1 aliphatic rings. The van der Waals surface area contributed by atoms with E-state index in [1.165, 1.54) is 13.8 Å². The Labute approximate surface area is 169 Å². The van der Waals surface area contributed by atoms with Crippen molar-refractivity contribution in [1.29, 1.82) is 5.26 Å². The molecule has 7 nitrogen and oxygen atoms in total. The highest BCUT2D eigenvalue weighted by molar-refractivity contribution is 5.86. The topological polar surface area (TPSA) is 106 Å². The van der Waals surface area contributed by atoms with Crippen LogP contribution < -0.4 is 10.9 Å². The summed E-state index contributed by atoms with van der Waals surface area (Å²) < 4.78 is 41.8. The minimum atomic E-state index is -1.58. The number of alkyl halides is 1. The van der Waals surface area contributed by atoms with Crippen molar-refractivity contribution in [3.05, 3.63) is 50.2 Å². The first-order valence-corrected chi connectivity index (χ1v) is 9.39. The number of aromatic nitrogens is 1. The van der Waals surface area contributed by atoms with E-state index in [0.717, 1.165) is 12.1 Å². The second kappa shape index (κ2) is 8.26. The summed E-state index contributed by atoms with van der Waals surface area (Å²) in [5.41, 5.74) is -0.149. The Morgan fingerprint density at radius 2 is 2.07 bits per heavy atom. The lowest BCUT2D eigenvalue weighted by molar-refractivity contribution is -0.610. The molecule has 1 aromatic carbocycles. The summed E-state index contributed by atoms with van der Waals surface area (Å²) in [4.78, 5) is 39.4. The minimum absolute atomic E-state index is 0.0576. The fourth-order valence-electron chi connectivity index (χ4n) is 3.92. The third kappa shape index (κ3) is 4.06. The fraction of sp³-hybridized carbons (Fsp3) is 0.450. The first-order chi connectivity index (χ1) is 14.1. The molecule has 0 saturated carbocycles. The average molecular weight is 421 g/mol. The number of aromatic amines is 1. The van der Waals surface area contributed by atoms with Gasteiger partial charge in [0.05, 0.1) is 24.0 Å². The van der Waals surface area contributed by atoms with Crippen LogP contribution in [-0.2, 0) is 11.2 Å². The number of amides is 1. The summed E-state index contributed by atoms with van der Waals surface area (Å²) in [7, 11) is 0. The Morgan fingerprint density at radius 3 is 2.70 bits per heavy atom. The van der Waals surface area contributed by atoms with Crippen LogP contribution in [0.15, 0.2) is 16.9 Å². The normalized spacial score (nSPS) is 22.5. The van der Waals surface area contributed by atoms with Crippen LogP contribution in [0, 0.1) is 40.7 Å². The van der Waals surface area contributed by atoms with Gasteiger partial charge in [-0.1, -0.05) is 0 Å². The maximum absolute atomic E-state index is 14.4. The van der Waals surface area contributed by atoms with Crippen molar-refractivity contribution in [1.82, 2.24) is 10.3 Å². The van der Waals surface area contributed by atoms with E-state index in [4.69, 9.17) is 5.26 Å². The molecule has 158 valence electrons. The van der Waals surface area contributed by atoms with Gasteiger partial charge >= 0.3 is 0 Å². The number of pyridine rings is 1. The summed E-state index contributed by atoms with van der Waals surface area (Å²) >= 11 is 0. The SMILES string of the molecule is Cc1c(CC(=O)N[C@H](C)C2C(F)CC(C#N)C[N+]2=O)c(=O)[nH]c2cc(F)c(F)cc12. The van der Waals surface area contributed by atoms with Crippen molar-refractivity contribution in [2.24, 2.45) is 5.92 Å². The first kappa shape index (κ1) is 21.5. The van der Waals surface area contributed by atoms with Gasteiger partial charge in [-0.3, -0.25) is 9.59 Å². The fourth-order valence-corrected chi connectivity index (χ4v) is 3.92. The number of aryl methyl sites for hydroxylation is 1. The van der Waals surface area contributed by atoms with Crippen LogP contribution in [-0.4, -0.2) is 40.5 Å². The highest BCUT2D eigenvalue weighted by Crippen LogP contribution is 2.24. The quantitative estimate of drug-likeness (QED) is 0.738. The van der Waals surface area contributed by atoms with Crippen LogP contribution in [0.5, 0.6) is 0 Å². The Kier molecular flexibility index (Phi) is 5.92. The van der Waals surface area contributed by atoms with E-state index in [2.05, 4.69) is 10.3 Å². The Balaban J connectivity index is 1.79. The molecule has 0 bridgehead atoms. The van der Waals surface area contributed by atoms with Crippen LogP contribution in [0.4, 0.5) is 13.2 Å². The van der Waals surface area contributed by atoms with E-state index < -0.39 is 47.3 Å². The van der Waals surface area contributed by atoms with E-state index >= 15 is 0 Å². The van der Waals surface area contributed by atoms with Crippen molar-refractivity contribution in [3.8, 4) is 6.07 Å². The number of nitrogens with zero attached hydrogens (tertiary/aromatic N) is 2. The molecular formula is C20H20F3N4O3+. The molecule has 1 saturated heterocycles. The van der Waals surface area contributed by atoms with Gasteiger partial charge in [0.15, 0.2) is 17.8 Å². The molecule has 3 rings (SSSR count). The standard InChI is InChI=1S/C20H19F3N4O3/c1-9-12-4-14(21)15(22)6-17(12)26-20(29)13(9)5-18(28)25-10(2)19-16(23)3-11(7-24)8-27(19)30/h4,6,10-11,16,19H,3,5,8H2,1-2H3,(H-,25,26,28,29)/p+1/t10-,11?,16?,19?/m1/s1. The number of hydrogen-bond acceptors (Lipinski definition) is 4. The molecule has 1 aliphatic heterocycles. The molecular weight excluding hydrogens is 401 g/mol. The zero-order valence-electron chi connectivity index (χ0n) is 16.3. The number of carbonyl (C=O) groups excluding carboxylic acids is 1. The number of piperidine rings is 1. The largest absolute Gasteiger partial charge is 0.346 e. The third-order valence-electron chi connectivity index (χ3n) is 5.47. The molecule has 2 heterocycles. The summed E-state index contributed by atoms with van der Waals surface area (Å²) in [6.07, 6.45) is -2.06. The number of nitriles is 1. The maximum atomic E-state index is 14.4. The monoisotopic (exact) mass is 421 g/mol. The molecule has 0 radical (unpaired) electrons. The van der Waals surface area contributed by atoms with Gasteiger partial charge in [0.1, 0.15) is 5.92 Å². The van der Waals surface area contributed by atoms with E-state index in [1.54, 1.807) is 0 Å². The molecule has 3 unspecified atom stereocenters.